The average Bonchev–Trinajstić information content (AvgIpc) is 2.89. The average molecular weight is 284 g/mol. The summed E-state index contributed by atoms with van der Waals surface area (Å²) < 4.78 is 12.3. The number of anilines is 2. The second-order valence-electron chi connectivity index (χ2n) is 4.64. The van der Waals surface area contributed by atoms with Crippen LogP contribution >= 0.6 is 0 Å². The summed E-state index contributed by atoms with van der Waals surface area (Å²) in [6, 6.07) is 9.46. The summed E-state index contributed by atoms with van der Waals surface area (Å²) in [6.45, 7) is 2.01. The molecule has 6 nitrogen and oxygen atoms in total. The molecule has 2 heterocycles. The fourth-order valence-corrected chi connectivity index (χ4v) is 2.06. The summed E-state index contributed by atoms with van der Waals surface area (Å²) >= 11 is 0. The van der Waals surface area contributed by atoms with Crippen LogP contribution in [-0.2, 0) is 0 Å². The molecule has 0 aliphatic carbocycles. The van der Waals surface area contributed by atoms with Crippen molar-refractivity contribution in [3.63, 3.8) is 0 Å². The minimum atomic E-state index is 0.518. The molecule has 0 amide bonds. The predicted molar refractivity (Wildman–Crippen MR) is 80.6 cm³/mol. The quantitative estimate of drug-likeness (QED) is 0.798. The Hall–Kier alpha value is -2.76. The highest BCUT2D eigenvalue weighted by Crippen LogP contribution is 2.30. The standard InChI is InChI=1S/C15H16N4O2/c1-10-4-7-14-17-15(18-19(14)9-10)16-12-6-5-11(20-2)8-13(12)21-3/h4-9H,1-3H3,(H,16,18). The maximum Gasteiger partial charge on any atom is 0.247 e. The van der Waals surface area contributed by atoms with Gasteiger partial charge in [-0.2, -0.15) is 4.98 Å². The van der Waals surface area contributed by atoms with Crippen LogP contribution in [0.2, 0.25) is 0 Å². The number of pyridine rings is 1. The molecule has 108 valence electrons. The van der Waals surface area contributed by atoms with E-state index in [-0.39, 0.29) is 0 Å². The number of hydrogen-bond acceptors (Lipinski definition) is 5. The van der Waals surface area contributed by atoms with Crippen molar-refractivity contribution in [2.75, 3.05) is 19.5 Å². The maximum atomic E-state index is 5.35. The minimum Gasteiger partial charge on any atom is -0.497 e. The number of methoxy groups -OCH3 is 2. The topological polar surface area (TPSA) is 60.7 Å². The van der Waals surface area contributed by atoms with Crippen molar-refractivity contribution in [1.82, 2.24) is 14.6 Å². The van der Waals surface area contributed by atoms with Gasteiger partial charge < -0.3 is 14.8 Å². The van der Waals surface area contributed by atoms with Gasteiger partial charge in [0.1, 0.15) is 11.5 Å². The highest BCUT2D eigenvalue weighted by atomic mass is 16.5. The molecule has 0 saturated heterocycles. The van der Waals surface area contributed by atoms with Gasteiger partial charge in [0.15, 0.2) is 5.65 Å². The molecule has 0 radical (unpaired) electrons. The minimum absolute atomic E-state index is 0.518. The van der Waals surface area contributed by atoms with Crippen LogP contribution in [0.1, 0.15) is 5.56 Å². The SMILES string of the molecule is COc1ccc(Nc2nc3ccc(C)cn3n2)c(OC)c1. The smallest absolute Gasteiger partial charge is 0.247 e. The van der Waals surface area contributed by atoms with Crippen LogP contribution < -0.4 is 14.8 Å². The van der Waals surface area contributed by atoms with Crippen LogP contribution in [0.3, 0.4) is 0 Å². The normalized spacial score (nSPS) is 10.6. The first-order valence-corrected chi connectivity index (χ1v) is 6.51. The summed E-state index contributed by atoms with van der Waals surface area (Å²) in [7, 11) is 3.23. The molecule has 0 atom stereocenters. The predicted octanol–water partition coefficient (Wildman–Crippen LogP) is 2.80. The van der Waals surface area contributed by atoms with E-state index in [1.807, 2.05) is 43.5 Å². The number of hydrogen-bond donors (Lipinski definition) is 1. The molecule has 1 aromatic carbocycles. The van der Waals surface area contributed by atoms with E-state index in [9.17, 15) is 0 Å². The summed E-state index contributed by atoms with van der Waals surface area (Å²) in [4.78, 5) is 4.42. The van der Waals surface area contributed by atoms with Crippen LogP contribution in [0.15, 0.2) is 36.5 Å². The molecular weight excluding hydrogens is 268 g/mol. The van der Waals surface area contributed by atoms with E-state index in [1.165, 1.54) is 0 Å². The molecule has 21 heavy (non-hydrogen) atoms. The number of aromatic nitrogens is 3. The molecule has 0 aliphatic rings. The Morgan fingerprint density at radius 3 is 2.71 bits per heavy atom. The Kier molecular flexibility index (Phi) is 3.35. The molecule has 6 heteroatoms. The second-order valence-corrected chi connectivity index (χ2v) is 4.64. The first-order valence-electron chi connectivity index (χ1n) is 6.51. The number of benzene rings is 1. The molecule has 0 saturated carbocycles. The van der Waals surface area contributed by atoms with Crippen molar-refractivity contribution in [3.05, 3.63) is 42.1 Å². The lowest BCUT2D eigenvalue weighted by atomic mass is 10.2. The van der Waals surface area contributed by atoms with Gasteiger partial charge in [-0.05, 0) is 30.7 Å². The van der Waals surface area contributed by atoms with Crippen LogP contribution in [-0.4, -0.2) is 28.8 Å². The number of rotatable bonds is 4. The van der Waals surface area contributed by atoms with Gasteiger partial charge in [-0.3, -0.25) is 0 Å². The Morgan fingerprint density at radius 1 is 1.10 bits per heavy atom. The third kappa shape index (κ3) is 2.60. The fraction of sp³-hybridized carbons (Fsp3) is 0.200. The Labute approximate surface area is 122 Å². The van der Waals surface area contributed by atoms with E-state index in [0.717, 1.165) is 22.6 Å². The fourth-order valence-electron chi connectivity index (χ4n) is 2.06. The van der Waals surface area contributed by atoms with Gasteiger partial charge >= 0.3 is 0 Å². The third-order valence-corrected chi connectivity index (χ3v) is 3.13. The van der Waals surface area contributed by atoms with Gasteiger partial charge in [-0.15, -0.1) is 5.10 Å². The van der Waals surface area contributed by atoms with Crippen LogP contribution in [0, 0.1) is 6.92 Å². The lowest BCUT2D eigenvalue weighted by molar-refractivity contribution is 0.395. The number of fused-ring (bicyclic) bond motifs is 1. The number of nitrogens with zero attached hydrogens (tertiary/aromatic N) is 3. The lowest BCUT2D eigenvalue weighted by Gasteiger charge is -2.10. The zero-order valence-electron chi connectivity index (χ0n) is 12.1. The Bertz CT molecular complexity index is 782. The van der Waals surface area contributed by atoms with E-state index < -0.39 is 0 Å². The molecule has 3 rings (SSSR count). The Balaban J connectivity index is 1.94. The van der Waals surface area contributed by atoms with Crippen molar-refractivity contribution in [1.29, 1.82) is 0 Å². The second kappa shape index (κ2) is 5.32. The van der Waals surface area contributed by atoms with Gasteiger partial charge in [0, 0.05) is 12.3 Å². The first kappa shape index (κ1) is 13.2. The summed E-state index contributed by atoms with van der Waals surface area (Å²) in [5.74, 6) is 1.92. The van der Waals surface area contributed by atoms with E-state index in [2.05, 4.69) is 15.4 Å². The largest absolute Gasteiger partial charge is 0.497 e. The van der Waals surface area contributed by atoms with Gasteiger partial charge in [-0.1, -0.05) is 6.07 Å². The zero-order valence-corrected chi connectivity index (χ0v) is 12.1. The van der Waals surface area contributed by atoms with Gasteiger partial charge in [0.25, 0.3) is 0 Å². The van der Waals surface area contributed by atoms with E-state index in [1.54, 1.807) is 18.7 Å². The summed E-state index contributed by atoms with van der Waals surface area (Å²) in [5, 5.41) is 7.55. The molecule has 2 aromatic heterocycles. The van der Waals surface area contributed by atoms with Crippen molar-refractivity contribution in [2.24, 2.45) is 0 Å². The molecule has 0 aliphatic heterocycles. The lowest BCUT2D eigenvalue weighted by Crippen LogP contribution is -1.97. The molecule has 0 spiro atoms. The Morgan fingerprint density at radius 2 is 1.95 bits per heavy atom. The van der Waals surface area contributed by atoms with E-state index >= 15 is 0 Å². The number of nitrogens with one attached hydrogen (secondary N) is 1. The number of aryl methyl sites for hydroxylation is 1. The monoisotopic (exact) mass is 284 g/mol. The van der Waals surface area contributed by atoms with Crippen LogP contribution in [0.4, 0.5) is 11.6 Å². The van der Waals surface area contributed by atoms with Crippen LogP contribution in [0.25, 0.3) is 5.65 Å². The maximum absolute atomic E-state index is 5.35. The molecule has 1 N–H and O–H groups in total. The van der Waals surface area contributed by atoms with Gasteiger partial charge in [0.2, 0.25) is 5.95 Å². The number of ether oxygens (including phenoxy) is 2. The summed E-state index contributed by atoms with van der Waals surface area (Å²) in [6.07, 6.45) is 1.93. The molecule has 0 unspecified atom stereocenters. The van der Waals surface area contributed by atoms with Gasteiger partial charge in [0.05, 0.1) is 19.9 Å². The van der Waals surface area contributed by atoms with E-state index in [0.29, 0.717) is 11.7 Å². The van der Waals surface area contributed by atoms with E-state index in [4.69, 9.17) is 9.47 Å². The molecule has 3 aromatic rings. The van der Waals surface area contributed by atoms with Crippen molar-refractivity contribution in [2.45, 2.75) is 6.92 Å². The molecular formula is C15H16N4O2. The summed E-state index contributed by atoms with van der Waals surface area (Å²) in [5.41, 5.74) is 2.70. The zero-order chi connectivity index (χ0) is 14.8. The van der Waals surface area contributed by atoms with Crippen LogP contribution in [0.5, 0.6) is 11.5 Å². The highest BCUT2D eigenvalue weighted by Gasteiger charge is 2.09. The molecule has 0 fully saturated rings. The molecule has 0 bridgehead atoms. The third-order valence-electron chi connectivity index (χ3n) is 3.13. The van der Waals surface area contributed by atoms with Crippen molar-refractivity contribution >= 4 is 17.3 Å². The van der Waals surface area contributed by atoms with Gasteiger partial charge in [-0.25, -0.2) is 4.52 Å². The van der Waals surface area contributed by atoms with Crippen molar-refractivity contribution < 1.29 is 9.47 Å². The highest BCUT2D eigenvalue weighted by molar-refractivity contribution is 5.65. The van der Waals surface area contributed by atoms with Crippen molar-refractivity contribution in [3.8, 4) is 11.5 Å². The first-order chi connectivity index (χ1) is 10.2.